The number of esters is 2. The molecule has 4 N–H and O–H groups in total. The van der Waals surface area contributed by atoms with Gasteiger partial charge >= 0.3 is 11.9 Å². The maximum atomic E-state index is 11.2. The van der Waals surface area contributed by atoms with Crippen molar-refractivity contribution in [1.29, 1.82) is 0 Å². The van der Waals surface area contributed by atoms with E-state index in [4.69, 9.17) is 20.9 Å². The second-order valence-electron chi connectivity index (χ2n) is 4.26. The molecule has 0 saturated heterocycles. The second kappa shape index (κ2) is 3.18. The van der Waals surface area contributed by atoms with Gasteiger partial charge in [0.1, 0.15) is 0 Å². The van der Waals surface area contributed by atoms with Crippen LogP contribution in [-0.2, 0) is 19.1 Å². The third kappa shape index (κ3) is 2.27. The highest BCUT2D eigenvalue weighted by Crippen LogP contribution is 2.34. The maximum Gasteiger partial charge on any atom is 0.419 e. The fourth-order valence-electron chi connectivity index (χ4n) is 1.31. The van der Waals surface area contributed by atoms with Crippen molar-refractivity contribution in [3.05, 3.63) is 0 Å². The van der Waals surface area contributed by atoms with Crippen molar-refractivity contribution in [2.24, 2.45) is 11.5 Å². The Hall–Kier alpha value is -1.14. The summed E-state index contributed by atoms with van der Waals surface area (Å²) >= 11 is 0. The summed E-state index contributed by atoms with van der Waals surface area (Å²) in [6.07, 6.45) is 3.23. The summed E-state index contributed by atoms with van der Waals surface area (Å²) in [4.78, 5) is 22.4. The predicted molar refractivity (Wildman–Crippen MR) is 49.1 cm³/mol. The van der Waals surface area contributed by atoms with Gasteiger partial charge in [0, 0.05) is 25.7 Å². The van der Waals surface area contributed by atoms with E-state index in [0.29, 0.717) is 25.7 Å². The van der Waals surface area contributed by atoms with Crippen LogP contribution >= 0.6 is 0 Å². The molecule has 2 aliphatic rings. The Morgan fingerprint density at radius 1 is 0.867 bits per heavy atom. The number of hydrogen-bond acceptors (Lipinski definition) is 6. The molecule has 0 heterocycles. The molecule has 2 saturated carbocycles. The summed E-state index contributed by atoms with van der Waals surface area (Å²) in [5.74, 6) is -2.10. The Morgan fingerprint density at radius 3 is 1.53 bits per heavy atom. The third-order valence-corrected chi connectivity index (χ3v) is 2.70. The Morgan fingerprint density at radius 2 is 1.27 bits per heavy atom. The lowest BCUT2D eigenvalue weighted by molar-refractivity contribution is -0.186. The van der Waals surface area contributed by atoms with Crippen molar-refractivity contribution in [1.82, 2.24) is 0 Å². The number of hydrogen-bond donors (Lipinski definition) is 2. The molecule has 0 aliphatic heterocycles. The van der Waals surface area contributed by atoms with Crippen LogP contribution in [-0.4, -0.2) is 23.4 Å². The fraction of sp³-hybridized carbons (Fsp3) is 0.778. The molecule has 15 heavy (non-hydrogen) atoms. The molecule has 0 unspecified atom stereocenters. The molecule has 2 fully saturated rings. The first-order valence-corrected chi connectivity index (χ1v) is 4.97. The first-order chi connectivity index (χ1) is 6.93. The van der Waals surface area contributed by atoms with E-state index >= 15 is 0 Å². The smallest absolute Gasteiger partial charge is 0.419 e. The molecular formula is C9H14N2O4. The highest BCUT2D eigenvalue weighted by Gasteiger charge is 2.46. The molecule has 84 valence electrons. The minimum absolute atomic E-state index is 0.583. The molecule has 0 spiro atoms. The minimum atomic E-state index is -1.05. The zero-order valence-electron chi connectivity index (χ0n) is 8.32. The average molecular weight is 214 g/mol. The topological polar surface area (TPSA) is 105 Å². The summed E-state index contributed by atoms with van der Waals surface area (Å²) in [5, 5.41) is 0. The maximum absolute atomic E-state index is 11.2. The van der Waals surface area contributed by atoms with Gasteiger partial charge in [-0.05, 0) is 6.42 Å². The van der Waals surface area contributed by atoms with Crippen molar-refractivity contribution in [3.63, 3.8) is 0 Å². The van der Waals surface area contributed by atoms with Gasteiger partial charge in [0.15, 0.2) is 11.4 Å². The zero-order chi connectivity index (χ0) is 11.1. The van der Waals surface area contributed by atoms with Crippen molar-refractivity contribution < 1.29 is 19.1 Å². The normalized spacial score (nSPS) is 24.9. The van der Waals surface area contributed by atoms with Gasteiger partial charge in [-0.3, -0.25) is 11.5 Å². The van der Waals surface area contributed by atoms with Crippen LogP contribution in [0.5, 0.6) is 0 Å². The van der Waals surface area contributed by atoms with Crippen molar-refractivity contribution in [2.75, 3.05) is 0 Å². The first kappa shape index (κ1) is 10.4. The summed E-state index contributed by atoms with van der Waals surface area (Å²) in [6.45, 7) is 0. The van der Waals surface area contributed by atoms with Crippen LogP contribution in [0.1, 0.15) is 32.1 Å². The Balaban J connectivity index is 1.82. The van der Waals surface area contributed by atoms with Crippen LogP contribution in [0.15, 0.2) is 0 Å². The van der Waals surface area contributed by atoms with Gasteiger partial charge in [-0.2, -0.15) is 0 Å². The van der Waals surface area contributed by atoms with Gasteiger partial charge in [0.25, 0.3) is 0 Å². The second-order valence-corrected chi connectivity index (χ2v) is 4.26. The fourth-order valence-corrected chi connectivity index (χ4v) is 1.31. The quantitative estimate of drug-likeness (QED) is 0.360. The van der Waals surface area contributed by atoms with Crippen molar-refractivity contribution >= 4 is 11.9 Å². The average Bonchev–Trinajstić information content (AvgIpc) is 2.80. The van der Waals surface area contributed by atoms with Crippen LogP contribution in [0.2, 0.25) is 0 Å². The molecule has 0 atom stereocenters. The molecule has 2 rings (SSSR count). The lowest BCUT2D eigenvalue weighted by atomic mass is 9.89. The first-order valence-electron chi connectivity index (χ1n) is 4.97. The van der Waals surface area contributed by atoms with E-state index in [-0.39, 0.29) is 0 Å². The number of carbonyl (C=O) groups excluding carboxylic acids is 2. The van der Waals surface area contributed by atoms with Crippen molar-refractivity contribution in [2.45, 2.75) is 43.6 Å². The number of carbonyl (C=O) groups is 2. The third-order valence-electron chi connectivity index (χ3n) is 2.70. The number of ether oxygens (including phenoxy) is 2. The monoisotopic (exact) mass is 214 g/mol. The lowest BCUT2D eigenvalue weighted by Crippen LogP contribution is -2.52. The van der Waals surface area contributed by atoms with Gasteiger partial charge in [0.2, 0.25) is 0 Å². The number of rotatable bonds is 2. The van der Waals surface area contributed by atoms with Crippen LogP contribution < -0.4 is 11.5 Å². The van der Waals surface area contributed by atoms with E-state index in [0.717, 1.165) is 6.42 Å². The zero-order valence-corrected chi connectivity index (χ0v) is 8.32. The Labute approximate surface area is 86.9 Å². The molecule has 6 heteroatoms. The highest BCUT2D eigenvalue weighted by molar-refractivity contribution is 6.29. The van der Waals surface area contributed by atoms with Crippen LogP contribution in [0.3, 0.4) is 0 Å². The van der Waals surface area contributed by atoms with E-state index in [1.54, 1.807) is 0 Å². The predicted octanol–water partition coefficient (Wildman–Crippen LogP) is -0.640. The molecule has 0 amide bonds. The lowest BCUT2D eigenvalue weighted by Gasteiger charge is -2.36. The standard InChI is InChI=1S/C9H14N2O4/c10-8(2-1-3-8)14-6(12)7(13)15-9(11)4-5-9/h1-5,10-11H2. The largest absolute Gasteiger partial charge is 0.436 e. The van der Waals surface area contributed by atoms with Crippen LogP contribution in [0.4, 0.5) is 0 Å². The summed E-state index contributed by atoms with van der Waals surface area (Å²) in [6, 6.07) is 0. The van der Waals surface area contributed by atoms with Gasteiger partial charge in [-0.1, -0.05) is 0 Å². The molecule has 0 aromatic rings. The van der Waals surface area contributed by atoms with E-state index in [1.165, 1.54) is 0 Å². The molecule has 0 bridgehead atoms. The molecular weight excluding hydrogens is 200 g/mol. The molecule has 2 aliphatic carbocycles. The van der Waals surface area contributed by atoms with Gasteiger partial charge in [-0.25, -0.2) is 9.59 Å². The van der Waals surface area contributed by atoms with Crippen LogP contribution in [0.25, 0.3) is 0 Å². The molecule has 0 aromatic heterocycles. The highest BCUT2D eigenvalue weighted by atomic mass is 16.6. The van der Waals surface area contributed by atoms with E-state index < -0.39 is 23.4 Å². The van der Waals surface area contributed by atoms with Crippen LogP contribution in [0, 0.1) is 0 Å². The van der Waals surface area contributed by atoms with E-state index in [9.17, 15) is 9.59 Å². The number of nitrogens with two attached hydrogens (primary N) is 2. The minimum Gasteiger partial charge on any atom is -0.436 e. The molecule has 0 radical (unpaired) electrons. The Kier molecular flexibility index (Phi) is 2.20. The Bertz CT molecular complexity index is 307. The SMILES string of the molecule is NC1(OC(=O)C(=O)OC2(N)CC2)CCC1. The molecule has 0 aromatic carbocycles. The van der Waals surface area contributed by atoms with Gasteiger partial charge in [-0.15, -0.1) is 0 Å². The summed E-state index contributed by atoms with van der Waals surface area (Å²) < 4.78 is 9.55. The molecule has 6 nitrogen and oxygen atoms in total. The summed E-state index contributed by atoms with van der Waals surface area (Å²) in [7, 11) is 0. The van der Waals surface area contributed by atoms with Crippen molar-refractivity contribution in [3.8, 4) is 0 Å². The summed E-state index contributed by atoms with van der Waals surface area (Å²) in [5.41, 5.74) is 9.23. The van der Waals surface area contributed by atoms with Gasteiger partial charge in [0.05, 0.1) is 0 Å². The van der Waals surface area contributed by atoms with E-state index in [2.05, 4.69) is 0 Å². The van der Waals surface area contributed by atoms with E-state index in [1.807, 2.05) is 0 Å². The van der Waals surface area contributed by atoms with Gasteiger partial charge < -0.3 is 9.47 Å².